The van der Waals surface area contributed by atoms with Gasteiger partial charge in [-0.05, 0) is 18.6 Å². The van der Waals surface area contributed by atoms with E-state index in [2.05, 4.69) is 10.6 Å². The number of β-amino-alcohol motifs (C(OH)–C–C–N with tert-alkyl or cyclic N) is 1. The van der Waals surface area contributed by atoms with Gasteiger partial charge in [0.05, 0.1) is 6.10 Å². The molecule has 0 aliphatic carbocycles. The van der Waals surface area contributed by atoms with Crippen LogP contribution in [-0.2, 0) is 6.42 Å². The molecule has 0 radical (unpaired) electrons. The third kappa shape index (κ3) is 2.73. The SMILES string of the molecule is CCc1oc(C(=O)NCC2CNCC2O)cc1C. The van der Waals surface area contributed by atoms with Gasteiger partial charge in [0.25, 0.3) is 5.91 Å². The van der Waals surface area contributed by atoms with Crippen molar-refractivity contribution >= 4 is 5.91 Å². The summed E-state index contributed by atoms with van der Waals surface area (Å²) in [6.07, 6.45) is 0.402. The predicted molar refractivity (Wildman–Crippen MR) is 67.5 cm³/mol. The summed E-state index contributed by atoms with van der Waals surface area (Å²) in [5, 5.41) is 15.5. The minimum atomic E-state index is -0.380. The lowest BCUT2D eigenvalue weighted by Gasteiger charge is -2.13. The number of amides is 1. The predicted octanol–water partition coefficient (Wildman–Crippen LogP) is 0.461. The number of hydrogen-bond donors (Lipinski definition) is 3. The third-order valence-corrected chi connectivity index (χ3v) is 3.39. The van der Waals surface area contributed by atoms with E-state index in [1.54, 1.807) is 6.07 Å². The Morgan fingerprint density at radius 3 is 2.94 bits per heavy atom. The summed E-state index contributed by atoms with van der Waals surface area (Å²) in [4.78, 5) is 11.9. The summed E-state index contributed by atoms with van der Waals surface area (Å²) in [5.41, 5.74) is 1.00. The van der Waals surface area contributed by atoms with Crippen molar-refractivity contribution in [3.05, 3.63) is 23.2 Å². The molecule has 1 fully saturated rings. The van der Waals surface area contributed by atoms with Gasteiger partial charge in [0.1, 0.15) is 5.76 Å². The lowest BCUT2D eigenvalue weighted by Crippen LogP contribution is -2.34. The molecule has 1 saturated heterocycles. The number of hydrogen-bond acceptors (Lipinski definition) is 4. The molecule has 1 aliphatic heterocycles. The van der Waals surface area contributed by atoms with Crippen molar-refractivity contribution < 1.29 is 14.3 Å². The largest absolute Gasteiger partial charge is 0.456 e. The summed E-state index contributed by atoms with van der Waals surface area (Å²) < 4.78 is 5.48. The van der Waals surface area contributed by atoms with Crippen molar-refractivity contribution in [2.24, 2.45) is 5.92 Å². The molecular formula is C13H20N2O3. The Balaban J connectivity index is 1.91. The van der Waals surface area contributed by atoms with Crippen LogP contribution in [0.1, 0.15) is 28.8 Å². The summed E-state index contributed by atoms with van der Waals surface area (Å²) in [6.45, 7) is 5.73. The maximum absolute atomic E-state index is 11.9. The van der Waals surface area contributed by atoms with E-state index in [0.29, 0.717) is 18.8 Å². The molecule has 0 saturated carbocycles. The highest BCUT2D eigenvalue weighted by Gasteiger charge is 2.25. The summed E-state index contributed by atoms with van der Waals surface area (Å²) in [6, 6.07) is 1.76. The van der Waals surface area contributed by atoms with Crippen LogP contribution in [0.4, 0.5) is 0 Å². The Kier molecular flexibility index (Phi) is 4.04. The van der Waals surface area contributed by atoms with E-state index in [0.717, 1.165) is 24.3 Å². The first-order chi connectivity index (χ1) is 8.61. The van der Waals surface area contributed by atoms with Crippen molar-refractivity contribution in [3.63, 3.8) is 0 Å². The second-order valence-electron chi connectivity index (χ2n) is 4.77. The Morgan fingerprint density at radius 1 is 1.61 bits per heavy atom. The van der Waals surface area contributed by atoms with E-state index in [1.165, 1.54) is 0 Å². The quantitative estimate of drug-likeness (QED) is 0.728. The number of aliphatic hydroxyl groups is 1. The van der Waals surface area contributed by atoms with Gasteiger partial charge in [-0.1, -0.05) is 6.92 Å². The van der Waals surface area contributed by atoms with Crippen LogP contribution < -0.4 is 10.6 Å². The van der Waals surface area contributed by atoms with Crippen LogP contribution in [0.25, 0.3) is 0 Å². The zero-order valence-corrected chi connectivity index (χ0v) is 10.8. The van der Waals surface area contributed by atoms with Crippen molar-refractivity contribution in [3.8, 4) is 0 Å². The van der Waals surface area contributed by atoms with Crippen molar-refractivity contribution in [2.75, 3.05) is 19.6 Å². The molecule has 18 heavy (non-hydrogen) atoms. The number of carbonyl (C=O) groups is 1. The lowest BCUT2D eigenvalue weighted by atomic mass is 10.1. The molecule has 1 aliphatic rings. The molecule has 0 aromatic carbocycles. The molecular weight excluding hydrogens is 232 g/mol. The van der Waals surface area contributed by atoms with Crippen LogP contribution in [0.15, 0.2) is 10.5 Å². The molecule has 1 aromatic rings. The van der Waals surface area contributed by atoms with Crippen LogP contribution >= 0.6 is 0 Å². The maximum Gasteiger partial charge on any atom is 0.287 e. The zero-order chi connectivity index (χ0) is 13.1. The molecule has 2 atom stereocenters. The van der Waals surface area contributed by atoms with Gasteiger partial charge in [0.15, 0.2) is 5.76 Å². The van der Waals surface area contributed by atoms with Crippen LogP contribution in [0, 0.1) is 12.8 Å². The van der Waals surface area contributed by atoms with Gasteiger partial charge in [-0.2, -0.15) is 0 Å². The normalized spacial score (nSPS) is 23.3. The average molecular weight is 252 g/mol. The summed E-state index contributed by atoms with van der Waals surface area (Å²) in [5.74, 6) is 1.07. The summed E-state index contributed by atoms with van der Waals surface area (Å²) in [7, 11) is 0. The topological polar surface area (TPSA) is 74.5 Å². The van der Waals surface area contributed by atoms with E-state index in [-0.39, 0.29) is 17.9 Å². The zero-order valence-electron chi connectivity index (χ0n) is 10.8. The molecule has 2 heterocycles. The number of aryl methyl sites for hydroxylation is 2. The fourth-order valence-corrected chi connectivity index (χ4v) is 2.22. The first-order valence-electron chi connectivity index (χ1n) is 6.38. The Labute approximate surface area is 107 Å². The van der Waals surface area contributed by atoms with Gasteiger partial charge in [0.2, 0.25) is 0 Å². The molecule has 100 valence electrons. The fraction of sp³-hybridized carbons (Fsp3) is 0.615. The highest BCUT2D eigenvalue weighted by molar-refractivity contribution is 5.91. The first-order valence-corrected chi connectivity index (χ1v) is 6.38. The van der Waals surface area contributed by atoms with E-state index >= 15 is 0 Å². The molecule has 3 N–H and O–H groups in total. The van der Waals surface area contributed by atoms with E-state index in [4.69, 9.17) is 4.42 Å². The third-order valence-electron chi connectivity index (χ3n) is 3.39. The molecule has 2 unspecified atom stereocenters. The number of carbonyl (C=O) groups excluding carboxylic acids is 1. The smallest absolute Gasteiger partial charge is 0.287 e. The van der Waals surface area contributed by atoms with E-state index in [1.807, 2.05) is 13.8 Å². The van der Waals surface area contributed by atoms with Crippen LogP contribution in [0.3, 0.4) is 0 Å². The highest BCUT2D eigenvalue weighted by Crippen LogP contribution is 2.15. The average Bonchev–Trinajstić information content (AvgIpc) is 2.92. The number of furan rings is 1. The highest BCUT2D eigenvalue weighted by atomic mass is 16.4. The summed E-state index contributed by atoms with van der Waals surface area (Å²) >= 11 is 0. The molecule has 1 amide bonds. The Hall–Kier alpha value is -1.33. The molecule has 1 aromatic heterocycles. The van der Waals surface area contributed by atoms with Gasteiger partial charge in [0, 0.05) is 32.0 Å². The maximum atomic E-state index is 11.9. The van der Waals surface area contributed by atoms with Crippen LogP contribution in [0.2, 0.25) is 0 Å². The van der Waals surface area contributed by atoms with Gasteiger partial charge in [-0.15, -0.1) is 0 Å². The van der Waals surface area contributed by atoms with Crippen molar-refractivity contribution in [2.45, 2.75) is 26.4 Å². The van der Waals surface area contributed by atoms with Crippen molar-refractivity contribution in [1.82, 2.24) is 10.6 Å². The second kappa shape index (κ2) is 5.54. The molecule has 5 heteroatoms. The number of nitrogens with one attached hydrogen (secondary N) is 2. The van der Waals surface area contributed by atoms with Gasteiger partial charge >= 0.3 is 0 Å². The standard InChI is InChI=1S/C13H20N2O3/c1-3-11-8(2)4-12(18-11)13(17)15-6-9-5-14-7-10(9)16/h4,9-10,14,16H,3,5-7H2,1-2H3,(H,15,17). The molecule has 0 bridgehead atoms. The number of rotatable bonds is 4. The van der Waals surface area contributed by atoms with Gasteiger partial charge in [-0.25, -0.2) is 0 Å². The first kappa shape index (κ1) is 13.1. The minimum Gasteiger partial charge on any atom is -0.456 e. The molecule has 0 spiro atoms. The van der Waals surface area contributed by atoms with E-state index < -0.39 is 0 Å². The van der Waals surface area contributed by atoms with Crippen molar-refractivity contribution in [1.29, 1.82) is 0 Å². The minimum absolute atomic E-state index is 0.0793. The molecule has 2 rings (SSSR count). The lowest BCUT2D eigenvalue weighted by molar-refractivity contribution is 0.0898. The van der Waals surface area contributed by atoms with Crippen LogP contribution in [-0.4, -0.2) is 36.8 Å². The fourth-order valence-electron chi connectivity index (χ4n) is 2.22. The molecule has 5 nitrogen and oxygen atoms in total. The Morgan fingerprint density at radius 2 is 2.39 bits per heavy atom. The van der Waals surface area contributed by atoms with E-state index in [9.17, 15) is 9.90 Å². The van der Waals surface area contributed by atoms with Gasteiger partial charge in [-0.3, -0.25) is 4.79 Å². The second-order valence-corrected chi connectivity index (χ2v) is 4.77. The van der Waals surface area contributed by atoms with Gasteiger partial charge < -0.3 is 20.2 Å². The van der Waals surface area contributed by atoms with Crippen LogP contribution in [0.5, 0.6) is 0 Å². The number of aliphatic hydroxyl groups excluding tert-OH is 1. The monoisotopic (exact) mass is 252 g/mol. The Bertz CT molecular complexity index is 428.